The second-order valence-electron chi connectivity index (χ2n) is 13.1. The molecule has 3 fully saturated rings. The first-order valence-electron chi connectivity index (χ1n) is 16.1. The SMILES string of the molecule is COc1cc([C@H]2C3=CC[C@@H]4C(=O)N(CCC(=O)O)C(=O)[C@@H]4[C@@H]3C[C@H]3C(=O)N(Nc4ccc(C)cc4)C(=O)[C@@]23c2ccccc2)cc(Cl)c1O. The number of anilines is 1. The molecule has 3 aromatic carbocycles. The van der Waals surface area contributed by atoms with Gasteiger partial charge in [0.05, 0.1) is 47.4 Å². The number of fused-ring (bicyclic) bond motifs is 4. The minimum absolute atomic E-state index is 0.0242. The Morgan fingerprint density at radius 1 is 1.00 bits per heavy atom. The highest BCUT2D eigenvalue weighted by Crippen LogP contribution is 2.64. The first-order valence-corrected chi connectivity index (χ1v) is 16.5. The number of aromatic hydroxyl groups is 1. The molecule has 12 heteroatoms. The molecule has 2 aliphatic heterocycles. The normalized spacial score (nSPS) is 27.4. The highest BCUT2D eigenvalue weighted by Gasteiger charge is 2.70. The molecule has 0 aromatic heterocycles. The first kappa shape index (κ1) is 32.4. The number of amides is 4. The van der Waals surface area contributed by atoms with Gasteiger partial charge in [0.2, 0.25) is 11.8 Å². The number of hydrogen-bond donors (Lipinski definition) is 3. The number of aliphatic carboxylic acids is 1. The second kappa shape index (κ2) is 12.1. The van der Waals surface area contributed by atoms with Crippen LogP contribution in [0.1, 0.15) is 41.9 Å². The number of aryl methyl sites for hydroxylation is 1. The standard InChI is InChI=1S/C37H34ClN3O8/c1-19-8-10-22(11-9-19)39-41-34(46)26-18-25-23(12-13-24-30(25)35(47)40(33(24)45)15-14-29(42)43)31(20-16-27(38)32(44)28(17-20)49-2)37(26,36(41)48)21-6-4-3-5-7-21/h3-12,16-17,24-26,30-31,39,44H,13-15,18H2,1-2H3,(H,42,43)/t24-,25+,26-,30-,31-,37+/m0/s1. The fraction of sp³-hybridized carbons (Fsp3) is 0.324. The zero-order valence-electron chi connectivity index (χ0n) is 26.8. The van der Waals surface area contributed by atoms with Gasteiger partial charge in [-0.25, -0.2) is 0 Å². The molecule has 11 nitrogen and oxygen atoms in total. The van der Waals surface area contributed by atoms with Crippen molar-refractivity contribution < 1.29 is 38.9 Å². The number of carboxylic acid groups (broad SMARTS) is 1. The quantitative estimate of drug-likeness (QED) is 0.224. The number of allylic oxidation sites excluding steroid dienone is 2. The van der Waals surface area contributed by atoms with Crippen molar-refractivity contribution in [3.05, 3.63) is 100 Å². The summed E-state index contributed by atoms with van der Waals surface area (Å²) in [4.78, 5) is 69.8. The van der Waals surface area contributed by atoms with Gasteiger partial charge in [-0.2, -0.15) is 5.01 Å². The molecule has 3 N–H and O–H groups in total. The van der Waals surface area contributed by atoms with Crippen molar-refractivity contribution in [1.29, 1.82) is 0 Å². The largest absolute Gasteiger partial charge is 0.503 e. The molecule has 3 aromatic rings. The topological polar surface area (TPSA) is 154 Å². The average molecular weight is 684 g/mol. The number of rotatable bonds is 8. The van der Waals surface area contributed by atoms with E-state index >= 15 is 4.79 Å². The van der Waals surface area contributed by atoms with Gasteiger partial charge in [-0.05, 0) is 61.1 Å². The van der Waals surface area contributed by atoms with E-state index in [0.29, 0.717) is 22.4 Å². The number of hydrazine groups is 1. The second-order valence-corrected chi connectivity index (χ2v) is 13.5. The zero-order valence-corrected chi connectivity index (χ0v) is 27.5. The van der Waals surface area contributed by atoms with Gasteiger partial charge in [0.25, 0.3) is 11.8 Å². The van der Waals surface area contributed by atoms with Gasteiger partial charge in [0, 0.05) is 12.5 Å². The van der Waals surface area contributed by atoms with E-state index in [1.54, 1.807) is 36.4 Å². The number of nitrogens with one attached hydrogen (secondary N) is 1. The number of nitrogens with zero attached hydrogens (tertiary/aromatic N) is 2. The van der Waals surface area contributed by atoms with E-state index in [1.165, 1.54) is 7.11 Å². The third-order valence-corrected chi connectivity index (χ3v) is 10.9. The molecule has 0 bridgehead atoms. The number of carboxylic acids is 1. The lowest BCUT2D eigenvalue weighted by molar-refractivity contribution is -0.143. The van der Waals surface area contributed by atoms with E-state index in [-0.39, 0.29) is 42.3 Å². The number of ether oxygens (including phenoxy) is 1. The van der Waals surface area contributed by atoms with E-state index in [2.05, 4.69) is 5.43 Å². The van der Waals surface area contributed by atoms with Crippen LogP contribution in [0.3, 0.4) is 0 Å². The van der Waals surface area contributed by atoms with Crippen LogP contribution >= 0.6 is 11.6 Å². The molecule has 0 radical (unpaired) electrons. The maximum absolute atomic E-state index is 15.2. The van der Waals surface area contributed by atoms with Gasteiger partial charge in [-0.1, -0.05) is 71.3 Å². The monoisotopic (exact) mass is 683 g/mol. The van der Waals surface area contributed by atoms with Gasteiger partial charge < -0.3 is 14.9 Å². The van der Waals surface area contributed by atoms with E-state index in [9.17, 15) is 29.4 Å². The van der Waals surface area contributed by atoms with Crippen molar-refractivity contribution in [3.63, 3.8) is 0 Å². The maximum atomic E-state index is 15.2. The highest BCUT2D eigenvalue weighted by atomic mass is 35.5. The summed E-state index contributed by atoms with van der Waals surface area (Å²) in [5.74, 6) is -7.33. The molecule has 1 saturated carbocycles. The predicted octanol–water partition coefficient (Wildman–Crippen LogP) is 4.82. The molecule has 2 saturated heterocycles. The van der Waals surface area contributed by atoms with Crippen molar-refractivity contribution in [2.24, 2.45) is 23.7 Å². The number of benzene rings is 3. The number of phenols is 1. The average Bonchev–Trinajstić information content (AvgIpc) is 3.46. The number of likely N-dealkylation sites (tertiary alicyclic amines) is 1. The van der Waals surface area contributed by atoms with Crippen LogP contribution in [0.5, 0.6) is 11.5 Å². The number of carbonyl (C=O) groups excluding carboxylic acids is 4. The summed E-state index contributed by atoms with van der Waals surface area (Å²) >= 11 is 6.57. The fourth-order valence-corrected chi connectivity index (χ4v) is 8.75. The molecule has 7 rings (SSSR count). The number of carbonyl (C=O) groups is 5. The van der Waals surface area contributed by atoms with E-state index in [1.807, 2.05) is 43.3 Å². The Kier molecular flexibility index (Phi) is 7.98. The number of phenolic OH excluding ortho intramolecular Hbond substituents is 1. The van der Waals surface area contributed by atoms with E-state index in [4.69, 9.17) is 16.3 Å². The van der Waals surface area contributed by atoms with Gasteiger partial charge >= 0.3 is 5.97 Å². The lowest BCUT2D eigenvalue weighted by Gasteiger charge is -2.50. The molecule has 49 heavy (non-hydrogen) atoms. The van der Waals surface area contributed by atoms with Crippen LogP contribution < -0.4 is 10.2 Å². The highest BCUT2D eigenvalue weighted by molar-refractivity contribution is 6.32. The third-order valence-electron chi connectivity index (χ3n) is 10.6. The summed E-state index contributed by atoms with van der Waals surface area (Å²) in [6.45, 7) is 1.68. The van der Waals surface area contributed by atoms with Gasteiger partial charge in [0.1, 0.15) is 0 Å². The Labute approximate surface area is 287 Å². The molecule has 4 aliphatic rings. The Hall–Kier alpha value is -5.16. The van der Waals surface area contributed by atoms with Gasteiger partial charge in [-0.3, -0.25) is 34.3 Å². The van der Waals surface area contributed by atoms with E-state index < -0.39 is 64.6 Å². The number of halogens is 1. The maximum Gasteiger partial charge on any atom is 0.305 e. The van der Waals surface area contributed by atoms with Crippen LogP contribution in [0.15, 0.2) is 78.4 Å². The molecule has 4 amide bonds. The molecule has 2 heterocycles. The van der Waals surface area contributed by atoms with Crippen LogP contribution in [-0.2, 0) is 29.4 Å². The summed E-state index contributed by atoms with van der Waals surface area (Å²) in [5.41, 5.74) is 4.82. The molecule has 0 unspecified atom stereocenters. The van der Waals surface area contributed by atoms with Crippen LogP contribution in [0, 0.1) is 30.6 Å². The molecular weight excluding hydrogens is 650 g/mol. The Bertz CT molecular complexity index is 1930. The molecule has 6 atom stereocenters. The summed E-state index contributed by atoms with van der Waals surface area (Å²) < 4.78 is 5.48. The van der Waals surface area contributed by atoms with Crippen molar-refractivity contribution in [2.45, 2.75) is 37.5 Å². The summed E-state index contributed by atoms with van der Waals surface area (Å²) in [6.07, 6.45) is 1.78. The fourth-order valence-electron chi connectivity index (χ4n) is 8.53. The first-order chi connectivity index (χ1) is 23.5. The minimum Gasteiger partial charge on any atom is -0.503 e. The molecule has 252 valence electrons. The number of methoxy groups -OCH3 is 1. The molecule has 2 aliphatic carbocycles. The Balaban J connectivity index is 1.44. The zero-order chi connectivity index (χ0) is 34.8. The lowest BCUT2D eigenvalue weighted by atomic mass is 9.49. The van der Waals surface area contributed by atoms with Crippen molar-refractivity contribution in [2.75, 3.05) is 19.1 Å². The Morgan fingerprint density at radius 3 is 2.39 bits per heavy atom. The lowest BCUT2D eigenvalue weighted by Crippen LogP contribution is -2.53. The van der Waals surface area contributed by atoms with Crippen LogP contribution in [0.4, 0.5) is 5.69 Å². The molecular formula is C37H34ClN3O8. The minimum atomic E-state index is -1.52. The van der Waals surface area contributed by atoms with Crippen LogP contribution in [-0.4, -0.2) is 63.4 Å². The van der Waals surface area contributed by atoms with Crippen LogP contribution in [0.25, 0.3) is 0 Å². The predicted molar refractivity (Wildman–Crippen MR) is 177 cm³/mol. The van der Waals surface area contributed by atoms with Crippen molar-refractivity contribution in [3.8, 4) is 11.5 Å². The van der Waals surface area contributed by atoms with Crippen LogP contribution in [0.2, 0.25) is 5.02 Å². The van der Waals surface area contributed by atoms with E-state index in [0.717, 1.165) is 15.5 Å². The summed E-state index contributed by atoms with van der Waals surface area (Å²) in [5, 5.41) is 21.0. The summed E-state index contributed by atoms with van der Waals surface area (Å²) in [7, 11) is 1.38. The third kappa shape index (κ3) is 4.89. The van der Waals surface area contributed by atoms with Crippen molar-refractivity contribution in [1.82, 2.24) is 9.91 Å². The number of imide groups is 2. The van der Waals surface area contributed by atoms with Gasteiger partial charge in [-0.15, -0.1) is 0 Å². The molecule has 0 spiro atoms. The smallest absolute Gasteiger partial charge is 0.305 e. The number of hydrogen-bond acceptors (Lipinski definition) is 8. The van der Waals surface area contributed by atoms with Gasteiger partial charge in [0.15, 0.2) is 11.5 Å². The summed E-state index contributed by atoms with van der Waals surface area (Å²) in [6, 6.07) is 19.5. The van der Waals surface area contributed by atoms with Crippen molar-refractivity contribution >= 4 is 46.9 Å². The Morgan fingerprint density at radius 2 is 1.71 bits per heavy atom.